The summed E-state index contributed by atoms with van der Waals surface area (Å²) in [6.45, 7) is 1.99. The first-order valence-corrected chi connectivity index (χ1v) is 9.96. The molecule has 0 fully saturated rings. The highest BCUT2D eigenvalue weighted by molar-refractivity contribution is 7.16. The molecule has 1 amide bonds. The van der Waals surface area contributed by atoms with E-state index in [2.05, 4.69) is 4.99 Å². The minimum absolute atomic E-state index is 0.128. The highest BCUT2D eigenvalue weighted by Gasteiger charge is 2.14. The van der Waals surface area contributed by atoms with E-state index in [4.69, 9.17) is 14.2 Å². The number of esters is 1. The van der Waals surface area contributed by atoms with E-state index in [1.165, 1.54) is 18.2 Å². The van der Waals surface area contributed by atoms with E-state index >= 15 is 0 Å². The predicted octanol–water partition coefficient (Wildman–Crippen LogP) is 3.27. The normalized spacial score (nSPS) is 13.3. The van der Waals surface area contributed by atoms with Gasteiger partial charge in [-0.15, -0.1) is 0 Å². The Balaban J connectivity index is 1.65. The number of rotatable bonds is 5. The molecular formula is C21H17FN2O5S. The van der Waals surface area contributed by atoms with Gasteiger partial charge in [0.05, 0.1) is 16.8 Å². The van der Waals surface area contributed by atoms with Crippen LogP contribution in [0.4, 0.5) is 4.39 Å². The smallest absolute Gasteiger partial charge is 0.326 e. The number of carbonyl (C=O) groups is 2. The van der Waals surface area contributed by atoms with Gasteiger partial charge in [0, 0.05) is 6.08 Å². The Morgan fingerprint density at radius 2 is 2.07 bits per heavy atom. The van der Waals surface area contributed by atoms with E-state index in [0.717, 1.165) is 16.9 Å². The van der Waals surface area contributed by atoms with Crippen LogP contribution in [0.3, 0.4) is 0 Å². The molecule has 1 aromatic heterocycles. The molecule has 3 aromatic rings. The second-order valence-corrected chi connectivity index (χ2v) is 7.29. The number of ether oxygens (including phenoxy) is 3. The summed E-state index contributed by atoms with van der Waals surface area (Å²) < 4.78 is 31.3. The van der Waals surface area contributed by atoms with Crippen LogP contribution in [0.2, 0.25) is 0 Å². The minimum Gasteiger partial charge on any atom is -0.465 e. The number of carbonyl (C=O) groups excluding carboxylic acids is 2. The fourth-order valence-electron chi connectivity index (χ4n) is 2.94. The van der Waals surface area contributed by atoms with Crippen molar-refractivity contribution in [3.8, 4) is 11.5 Å². The highest BCUT2D eigenvalue weighted by Crippen LogP contribution is 2.32. The number of nitrogens with zero attached hydrogens (tertiary/aromatic N) is 2. The third-order valence-corrected chi connectivity index (χ3v) is 5.30. The molecule has 9 heteroatoms. The number of aromatic nitrogens is 1. The van der Waals surface area contributed by atoms with Gasteiger partial charge in [-0.05, 0) is 48.9 Å². The summed E-state index contributed by atoms with van der Waals surface area (Å²) in [5, 5.41) is 0. The zero-order chi connectivity index (χ0) is 21.1. The Bertz CT molecular complexity index is 1230. The molecule has 1 aliphatic heterocycles. The van der Waals surface area contributed by atoms with Gasteiger partial charge >= 0.3 is 5.97 Å². The lowest BCUT2D eigenvalue weighted by Gasteiger charge is -2.04. The fraction of sp³-hybridized carbons (Fsp3) is 0.190. The van der Waals surface area contributed by atoms with Gasteiger partial charge in [-0.3, -0.25) is 9.59 Å². The van der Waals surface area contributed by atoms with Gasteiger partial charge in [0.15, 0.2) is 16.3 Å². The van der Waals surface area contributed by atoms with Crippen molar-refractivity contribution in [2.45, 2.75) is 13.5 Å². The van der Waals surface area contributed by atoms with Crippen molar-refractivity contribution in [2.24, 2.45) is 4.99 Å². The number of hydrogen-bond donors (Lipinski definition) is 0. The minimum atomic E-state index is -0.516. The summed E-state index contributed by atoms with van der Waals surface area (Å²) >= 11 is 1.12. The molecule has 0 unspecified atom stereocenters. The number of benzene rings is 2. The summed E-state index contributed by atoms with van der Waals surface area (Å²) in [5.41, 5.74) is 1.35. The van der Waals surface area contributed by atoms with Crippen LogP contribution in [0.5, 0.6) is 11.5 Å². The molecule has 0 atom stereocenters. The molecule has 4 rings (SSSR count). The van der Waals surface area contributed by atoms with E-state index in [1.807, 2.05) is 0 Å². The summed E-state index contributed by atoms with van der Waals surface area (Å²) in [5.74, 6) is -0.128. The third kappa shape index (κ3) is 4.25. The first-order valence-electron chi connectivity index (χ1n) is 9.14. The Labute approximate surface area is 174 Å². The van der Waals surface area contributed by atoms with E-state index in [9.17, 15) is 14.0 Å². The molecule has 0 saturated carbocycles. The number of thiazole rings is 1. The molecule has 0 saturated heterocycles. The average Bonchev–Trinajstić information content (AvgIpc) is 3.30. The van der Waals surface area contributed by atoms with E-state index in [0.29, 0.717) is 21.7 Å². The number of hydrogen-bond acceptors (Lipinski definition) is 6. The predicted molar refractivity (Wildman–Crippen MR) is 109 cm³/mol. The number of amides is 1. The first kappa shape index (κ1) is 19.8. The Morgan fingerprint density at radius 1 is 1.23 bits per heavy atom. The van der Waals surface area contributed by atoms with E-state index < -0.39 is 17.7 Å². The van der Waals surface area contributed by atoms with E-state index in [1.54, 1.807) is 41.8 Å². The van der Waals surface area contributed by atoms with Crippen LogP contribution in [0, 0.1) is 5.82 Å². The van der Waals surface area contributed by atoms with Gasteiger partial charge in [0.1, 0.15) is 12.4 Å². The summed E-state index contributed by atoms with van der Waals surface area (Å²) in [4.78, 5) is 28.8. The molecule has 0 aliphatic carbocycles. The molecule has 0 bridgehead atoms. The highest BCUT2D eigenvalue weighted by atomic mass is 32.1. The number of fused-ring (bicyclic) bond motifs is 2. The Kier molecular flexibility index (Phi) is 5.62. The zero-order valence-electron chi connectivity index (χ0n) is 16.0. The van der Waals surface area contributed by atoms with Crippen molar-refractivity contribution >= 4 is 39.5 Å². The molecule has 0 N–H and O–H groups in total. The lowest BCUT2D eigenvalue weighted by molar-refractivity contribution is -0.143. The SMILES string of the molecule is CCOC(=O)Cn1c(=NC(=O)/C=C\c2ccc3c(c2)OCO3)sc2cc(F)ccc21. The van der Waals surface area contributed by atoms with Crippen LogP contribution in [0.15, 0.2) is 47.5 Å². The summed E-state index contributed by atoms with van der Waals surface area (Å²) in [6, 6.07) is 9.49. The maximum atomic E-state index is 13.6. The van der Waals surface area contributed by atoms with Crippen molar-refractivity contribution in [3.05, 3.63) is 58.7 Å². The fourth-order valence-corrected chi connectivity index (χ4v) is 4.00. The lowest BCUT2D eigenvalue weighted by Crippen LogP contribution is -2.22. The van der Waals surface area contributed by atoms with Crippen LogP contribution < -0.4 is 14.3 Å². The van der Waals surface area contributed by atoms with Gasteiger partial charge < -0.3 is 18.8 Å². The third-order valence-electron chi connectivity index (χ3n) is 4.26. The molecule has 2 aromatic carbocycles. The molecule has 154 valence electrons. The molecule has 7 nitrogen and oxygen atoms in total. The Morgan fingerprint density at radius 3 is 2.90 bits per heavy atom. The van der Waals surface area contributed by atoms with Gasteiger partial charge in [-0.25, -0.2) is 4.39 Å². The van der Waals surface area contributed by atoms with Gasteiger partial charge in [-0.2, -0.15) is 4.99 Å². The maximum Gasteiger partial charge on any atom is 0.326 e. The largest absolute Gasteiger partial charge is 0.465 e. The van der Waals surface area contributed by atoms with Crippen molar-refractivity contribution in [1.29, 1.82) is 0 Å². The van der Waals surface area contributed by atoms with Gasteiger partial charge in [0.2, 0.25) is 6.79 Å². The second-order valence-electron chi connectivity index (χ2n) is 6.28. The van der Waals surface area contributed by atoms with Crippen molar-refractivity contribution in [3.63, 3.8) is 0 Å². The molecule has 0 spiro atoms. The Hall–Kier alpha value is -3.46. The standard InChI is InChI=1S/C21H17FN2O5S/c1-2-27-20(26)11-24-15-6-5-14(22)10-18(15)30-21(24)23-19(25)8-4-13-3-7-16-17(9-13)29-12-28-16/h3-10H,2,11-12H2,1H3/b8-4-,23-21?. The van der Waals surface area contributed by atoms with Crippen LogP contribution in [0.1, 0.15) is 12.5 Å². The molecular weight excluding hydrogens is 411 g/mol. The second kappa shape index (κ2) is 8.50. The molecule has 1 aliphatic rings. The van der Waals surface area contributed by atoms with Crippen LogP contribution in [-0.2, 0) is 20.9 Å². The first-order chi connectivity index (χ1) is 14.5. The maximum absolute atomic E-state index is 13.6. The molecule has 30 heavy (non-hydrogen) atoms. The topological polar surface area (TPSA) is 79.1 Å². The zero-order valence-corrected chi connectivity index (χ0v) is 16.8. The average molecular weight is 428 g/mol. The quantitative estimate of drug-likeness (QED) is 0.460. The number of halogens is 1. The van der Waals surface area contributed by atoms with Crippen LogP contribution in [-0.4, -0.2) is 29.8 Å². The van der Waals surface area contributed by atoms with Gasteiger partial charge in [-0.1, -0.05) is 17.4 Å². The van der Waals surface area contributed by atoms with Crippen LogP contribution in [0.25, 0.3) is 16.3 Å². The molecule has 2 heterocycles. The monoisotopic (exact) mass is 428 g/mol. The van der Waals surface area contributed by atoms with Crippen molar-refractivity contribution in [1.82, 2.24) is 4.57 Å². The van der Waals surface area contributed by atoms with Crippen molar-refractivity contribution < 1.29 is 28.2 Å². The van der Waals surface area contributed by atoms with Crippen molar-refractivity contribution in [2.75, 3.05) is 13.4 Å². The van der Waals surface area contributed by atoms with E-state index in [-0.39, 0.29) is 24.7 Å². The van der Waals surface area contributed by atoms with Gasteiger partial charge in [0.25, 0.3) is 5.91 Å². The molecule has 0 radical (unpaired) electrons. The lowest BCUT2D eigenvalue weighted by atomic mass is 10.2. The summed E-state index contributed by atoms with van der Waals surface area (Å²) in [7, 11) is 0. The van der Waals surface area contributed by atoms with Crippen LogP contribution >= 0.6 is 11.3 Å². The summed E-state index contributed by atoms with van der Waals surface area (Å²) in [6.07, 6.45) is 2.92.